The van der Waals surface area contributed by atoms with Gasteiger partial charge >= 0.3 is 6.18 Å². The summed E-state index contributed by atoms with van der Waals surface area (Å²) in [5.74, 6) is 0.507. The highest BCUT2D eigenvalue weighted by atomic mass is 19.4. The molecule has 2 N–H and O–H groups in total. The summed E-state index contributed by atoms with van der Waals surface area (Å²) in [4.78, 5) is 5.87. The monoisotopic (exact) mass is 289 g/mol. The van der Waals surface area contributed by atoms with Crippen molar-refractivity contribution < 1.29 is 17.9 Å². The third-order valence-corrected chi connectivity index (χ3v) is 3.29. The number of anilines is 1. The molecule has 0 spiro atoms. The molecule has 0 aliphatic carbocycles. The Bertz CT molecular complexity index is 414. The van der Waals surface area contributed by atoms with Gasteiger partial charge in [0.05, 0.1) is 18.3 Å². The molecule has 0 atom stereocenters. The fourth-order valence-corrected chi connectivity index (χ4v) is 2.17. The van der Waals surface area contributed by atoms with E-state index in [1.807, 2.05) is 4.90 Å². The molecule has 7 heteroatoms. The van der Waals surface area contributed by atoms with Gasteiger partial charge in [-0.25, -0.2) is 4.98 Å². The van der Waals surface area contributed by atoms with Crippen LogP contribution in [0.1, 0.15) is 19.3 Å². The van der Waals surface area contributed by atoms with Crippen LogP contribution in [0.2, 0.25) is 0 Å². The summed E-state index contributed by atoms with van der Waals surface area (Å²) in [6, 6.07) is 3.41. The lowest BCUT2D eigenvalue weighted by Crippen LogP contribution is -2.39. The van der Waals surface area contributed by atoms with Crippen molar-refractivity contribution in [1.82, 2.24) is 9.88 Å². The van der Waals surface area contributed by atoms with Crippen molar-refractivity contribution in [3.63, 3.8) is 0 Å². The van der Waals surface area contributed by atoms with Crippen LogP contribution in [0, 0.1) is 0 Å². The summed E-state index contributed by atoms with van der Waals surface area (Å²) in [6.45, 7) is 1.31. The highest BCUT2D eigenvalue weighted by molar-refractivity contribution is 5.36. The average Bonchev–Trinajstić information content (AvgIpc) is 2.40. The van der Waals surface area contributed by atoms with Crippen LogP contribution in [0.4, 0.5) is 18.9 Å². The molecule has 112 valence electrons. The van der Waals surface area contributed by atoms with Crippen molar-refractivity contribution in [2.45, 2.75) is 31.5 Å². The van der Waals surface area contributed by atoms with Crippen LogP contribution in [0.3, 0.4) is 0 Å². The molecule has 1 aliphatic rings. The van der Waals surface area contributed by atoms with Gasteiger partial charge in [0.1, 0.15) is 6.10 Å². The number of rotatable bonds is 4. The first kappa shape index (κ1) is 14.9. The Morgan fingerprint density at radius 3 is 2.55 bits per heavy atom. The van der Waals surface area contributed by atoms with Gasteiger partial charge in [0.15, 0.2) is 0 Å². The van der Waals surface area contributed by atoms with E-state index in [4.69, 9.17) is 10.5 Å². The molecule has 1 fully saturated rings. The number of hydrogen-bond acceptors (Lipinski definition) is 4. The smallest absolute Gasteiger partial charge is 0.390 e. The fraction of sp³-hybridized carbons (Fsp3) is 0.615. The third kappa shape index (κ3) is 4.88. The van der Waals surface area contributed by atoms with Gasteiger partial charge in [-0.1, -0.05) is 0 Å². The zero-order valence-corrected chi connectivity index (χ0v) is 11.1. The molecule has 0 aromatic carbocycles. The van der Waals surface area contributed by atoms with Crippen LogP contribution in [0.5, 0.6) is 5.88 Å². The van der Waals surface area contributed by atoms with Crippen LogP contribution in [0.15, 0.2) is 18.3 Å². The third-order valence-electron chi connectivity index (χ3n) is 3.29. The second-order valence-electron chi connectivity index (χ2n) is 4.95. The molecule has 1 saturated heterocycles. The summed E-state index contributed by atoms with van der Waals surface area (Å²) in [7, 11) is 0. The lowest BCUT2D eigenvalue weighted by Gasteiger charge is -2.31. The van der Waals surface area contributed by atoms with Gasteiger partial charge in [-0.3, -0.25) is 0 Å². The number of aromatic nitrogens is 1. The molecule has 4 nitrogen and oxygen atoms in total. The van der Waals surface area contributed by atoms with Crippen molar-refractivity contribution in [3.05, 3.63) is 18.3 Å². The van der Waals surface area contributed by atoms with Gasteiger partial charge in [0.25, 0.3) is 0 Å². The highest BCUT2D eigenvalue weighted by Crippen LogP contribution is 2.22. The average molecular weight is 289 g/mol. The summed E-state index contributed by atoms with van der Waals surface area (Å²) in [5.41, 5.74) is 6.10. The number of halogens is 3. The zero-order valence-electron chi connectivity index (χ0n) is 11.1. The predicted octanol–water partition coefficient (Wildman–Crippen LogP) is 2.46. The maximum atomic E-state index is 12.1. The Kier molecular flexibility index (Phi) is 4.69. The molecule has 20 heavy (non-hydrogen) atoms. The Hall–Kier alpha value is -1.50. The largest absolute Gasteiger partial charge is 0.474 e. The van der Waals surface area contributed by atoms with Crippen molar-refractivity contribution in [1.29, 1.82) is 0 Å². The number of pyridine rings is 1. The van der Waals surface area contributed by atoms with E-state index in [-0.39, 0.29) is 12.6 Å². The van der Waals surface area contributed by atoms with Gasteiger partial charge in [-0.2, -0.15) is 13.2 Å². The minimum absolute atomic E-state index is 0.00765. The fourth-order valence-electron chi connectivity index (χ4n) is 2.17. The molecular formula is C13H18F3N3O. The molecule has 2 rings (SSSR count). The van der Waals surface area contributed by atoms with Crippen molar-refractivity contribution >= 4 is 5.69 Å². The zero-order chi connectivity index (χ0) is 14.6. The Morgan fingerprint density at radius 1 is 1.30 bits per heavy atom. The first-order valence-electron chi connectivity index (χ1n) is 6.60. The molecular weight excluding hydrogens is 271 g/mol. The molecule has 0 bridgehead atoms. The second-order valence-corrected chi connectivity index (χ2v) is 4.95. The number of nitrogen functional groups attached to an aromatic ring is 1. The van der Waals surface area contributed by atoms with Gasteiger partial charge in [0, 0.05) is 25.7 Å². The van der Waals surface area contributed by atoms with Crippen LogP contribution in [-0.4, -0.2) is 41.8 Å². The SMILES string of the molecule is Nc1ccc(OC2CCN(CCC(F)(F)F)CC2)nc1. The standard InChI is InChI=1S/C13H18F3N3O/c14-13(15,16)5-8-19-6-3-11(4-7-19)20-12-2-1-10(17)9-18-12/h1-2,9,11H,3-8,17H2. The van der Waals surface area contributed by atoms with Crippen molar-refractivity contribution in [3.8, 4) is 5.88 Å². The van der Waals surface area contributed by atoms with E-state index >= 15 is 0 Å². The number of likely N-dealkylation sites (tertiary alicyclic amines) is 1. The molecule has 1 aliphatic heterocycles. The van der Waals surface area contributed by atoms with Crippen molar-refractivity contribution in [2.75, 3.05) is 25.4 Å². The lowest BCUT2D eigenvalue weighted by molar-refractivity contribution is -0.138. The normalized spacial score (nSPS) is 18.1. The van der Waals surface area contributed by atoms with Crippen molar-refractivity contribution in [2.24, 2.45) is 0 Å². The van der Waals surface area contributed by atoms with Gasteiger partial charge in [-0.15, -0.1) is 0 Å². The first-order chi connectivity index (χ1) is 9.42. The van der Waals surface area contributed by atoms with Crippen LogP contribution < -0.4 is 10.5 Å². The van der Waals surface area contributed by atoms with E-state index in [0.717, 1.165) is 0 Å². The van der Waals surface area contributed by atoms with E-state index in [0.29, 0.717) is 37.5 Å². The Labute approximate surface area is 115 Å². The lowest BCUT2D eigenvalue weighted by atomic mass is 10.1. The molecule has 1 aromatic heterocycles. The van der Waals surface area contributed by atoms with Gasteiger partial charge in [-0.05, 0) is 18.9 Å². The minimum Gasteiger partial charge on any atom is -0.474 e. The molecule has 0 unspecified atom stereocenters. The van der Waals surface area contributed by atoms with E-state index < -0.39 is 12.6 Å². The molecule has 0 amide bonds. The minimum atomic E-state index is -4.08. The number of alkyl halides is 3. The molecule has 1 aromatic rings. The summed E-state index contributed by atoms with van der Waals surface area (Å²) in [5, 5.41) is 0. The summed E-state index contributed by atoms with van der Waals surface area (Å²) in [6.07, 6.45) is -1.88. The molecule has 0 saturated carbocycles. The van der Waals surface area contributed by atoms with E-state index in [1.54, 1.807) is 12.1 Å². The predicted molar refractivity (Wildman–Crippen MR) is 69.4 cm³/mol. The molecule has 2 heterocycles. The Morgan fingerprint density at radius 2 is 2.00 bits per heavy atom. The number of nitrogens with zero attached hydrogens (tertiary/aromatic N) is 2. The summed E-state index contributed by atoms with van der Waals surface area (Å²) >= 11 is 0. The van der Waals surface area contributed by atoms with E-state index in [1.165, 1.54) is 6.20 Å². The quantitative estimate of drug-likeness (QED) is 0.925. The highest BCUT2D eigenvalue weighted by Gasteiger charge is 2.29. The van der Waals surface area contributed by atoms with Gasteiger partial charge in [0.2, 0.25) is 5.88 Å². The summed E-state index contributed by atoms with van der Waals surface area (Å²) < 4.78 is 42.1. The maximum absolute atomic E-state index is 12.1. The number of nitrogens with two attached hydrogens (primary N) is 1. The maximum Gasteiger partial charge on any atom is 0.390 e. The molecule has 0 radical (unpaired) electrons. The number of ether oxygens (including phenoxy) is 1. The topological polar surface area (TPSA) is 51.4 Å². The number of piperidine rings is 1. The van der Waals surface area contributed by atoms with E-state index in [2.05, 4.69) is 4.98 Å². The van der Waals surface area contributed by atoms with Crippen LogP contribution in [0.25, 0.3) is 0 Å². The number of hydrogen-bond donors (Lipinski definition) is 1. The van der Waals surface area contributed by atoms with Crippen LogP contribution in [-0.2, 0) is 0 Å². The first-order valence-corrected chi connectivity index (χ1v) is 6.60. The van der Waals surface area contributed by atoms with Crippen LogP contribution >= 0.6 is 0 Å². The second kappa shape index (κ2) is 6.30. The Balaban J connectivity index is 1.73. The van der Waals surface area contributed by atoms with Gasteiger partial charge < -0.3 is 15.4 Å². The van der Waals surface area contributed by atoms with E-state index in [9.17, 15) is 13.2 Å².